The number of hydrogen-bond donors (Lipinski definition) is 1. The lowest BCUT2D eigenvalue weighted by molar-refractivity contribution is -0.118. The van der Waals surface area contributed by atoms with Gasteiger partial charge in [-0.1, -0.05) is 50.2 Å². The highest BCUT2D eigenvalue weighted by molar-refractivity contribution is 7.81. The van der Waals surface area contributed by atoms with E-state index < -0.39 is 0 Å². The molecule has 0 unspecified atom stereocenters. The molecule has 13 heteroatoms. The van der Waals surface area contributed by atoms with Crippen LogP contribution >= 0.6 is 12.6 Å². The maximum atomic E-state index is 14.0. The van der Waals surface area contributed by atoms with Crippen LogP contribution in [-0.4, -0.2) is 68.2 Å². The number of anilines is 3. The third kappa shape index (κ3) is 7.77. The van der Waals surface area contributed by atoms with E-state index in [0.29, 0.717) is 76.9 Å². The molecule has 5 aromatic rings. The first kappa shape index (κ1) is 40.8. The molecule has 5 aromatic carbocycles. The van der Waals surface area contributed by atoms with Crippen LogP contribution < -0.4 is 33.6 Å². The standard InChI is InChI=1S/C49H47N5O7S/c1-49(2,62)15-14-46(55)52(3)33-17-29(27-60-44-23-38-36(21-42(44)58-4)47(56)53-34(25-50-38)19-31-10-6-8-12-40(31)53)16-30(18-33)28-61-45-24-39-37(22-43(45)59-5)48(57)54-35(26-51-39)20-32-11-7-9-13-41(32)54/h6-13,16-18,21-26,34-35,62H,14-15,19-20,27-28H2,1-5H3/t34-,35-/m0/s1. The molecule has 0 aromatic heterocycles. The molecule has 0 radical (unpaired) electrons. The van der Waals surface area contributed by atoms with Gasteiger partial charge in [-0.05, 0) is 71.1 Å². The number of aliphatic imine (C=N–C) groups is 2. The number of nitrogens with zero attached hydrogens (tertiary/aromatic N) is 5. The number of amides is 3. The number of ether oxygens (including phenoxy) is 4. The highest BCUT2D eigenvalue weighted by Crippen LogP contribution is 2.43. The second kappa shape index (κ2) is 16.4. The minimum absolute atomic E-state index is 0.0618. The van der Waals surface area contributed by atoms with Gasteiger partial charge in [0.1, 0.15) is 13.2 Å². The number of para-hydroxylation sites is 2. The number of benzene rings is 5. The molecule has 12 nitrogen and oxygen atoms in total. The summed E-state index contributed by atoms with van der Waals surface area (Å²) in [5.41, 5.74) is 7.97. The van der Waals surface area contributed by atoms with Crippen LogP contribution in [0.25, 0.3) is 0 Å². The molecule has 4 heterocycles. The van der Waals surface area contributed by atoms with E-state index in [1.807, 2.05) is 93.0 Å². The van der Waals surface area contributed by atoms with E-state index in [1.165, 1.54) is 14.2 Å². The molecule has 0 N–H and O–H groups in total. The van der Waals surface area contributed by atoms with Crippen LogP contribution in [0.1, 0.15) is 69.7 Å². The van der Waals surface area contributed by atoms with Crippen molar-refractivity contribution < 1.29 is 33.3 Å². The first-order valence-electron chi connectivity index (χ1n) is 20.6. The molecular weight excluding hydrogens is 803 g/mol. The third-order valence-electron chi connectivity index (χ3n) is 11.8. The van der Waals surface area contributed by atoms with Crippen LogP contribution in [0.2, 0.25) is 0 Å². The van der Waals surface area contributed by atoms with Crippen molar-refractivity contribution in [3.05, 3.63) is 124 Å². The zero-order valence-corrected chi connectivity index (χ0v) is 36.1. The quantitative estimate of drug-likeness (QED) is 0.125. The molecule has 4 aliphatic rings. The fourth-order valence-corrected chi connectivity index (χ4v) is 8.64. The monoisotopic (exact) mass is 849 g/mol. The van der Waals surface area contributed by atoms with E-state index in [4.69, 9.17) is 28.9 Å². The molecule has 62 heavy (non-hydrogen) atoms. The predicted octanol–water partition coefficient (Wildman–Crippen LogP) is 8.89. The Kier molecular flexibility index (Phi) is 10.8. The Hall–Kier alpha value is -6.60. The summed E-state index contributed by atoms with van der Waals surface area (Å²) in [7, 11) is 4.83. The minimum Gasteiger partial charge on any atom is -0.493 e. The van der Waals surface area contributed by atoms with Crippen LogP contribution in [0, 0.1) is 0 Å². The summed E-state index contributed by atoms with van der Waals surface area (Å²) in [5, 5.41) is 0. The van der Waals surface area contributed by atoms with Crippen molar-refractivity contribution in [3.8, 4) is 23.0 Å². The lowest BCUT2D eigenvalue weighted by Crippen LogP contribution is -2.37. The summed E-state index contributed by atoms with van der Waals surface area (Å²) in [6, 6.07) is 28.1. The maximum Gasteiger partial charge on any atom is 0.261 e. The van der Waals surface area contributed by atoms with Crippen molar-refractivity contribution >= 4 is 71.2 Å². The van der Waals surface area contributed by atoms with Crippen molar-refractivity contribution in [2.24, 2.45) is 9.98 Å². The van der Waals surface area contributed by atoms with Gasteiger partial charge in [0, 0.05) is 72.7 Å². The molecule has 0 aliphatic carbocycles. The van der Waals surface area contributed by atoms with E-state index in [0.717, 1.165) is 33.6 Å². The summed E-state index contributed by atoms with van der Waals surface area (Å²) in [6.07, 6.45) is 5.93. The van der Waals surface area contributed by atoms with Gasteiger partial charge in [0.25, 0.3) is 11.8 Å². The topological polar surface area (TPSA) is 123 Å². The SMILES string of the molecule is COc1cc2c(cc1OCc1cc(COc3cc4c(cc3OC)C(=O)N3c5ccccc5C[C@H]3C=N4)cc(N(C)C(=O)CCC(C)(C)S)c1)N=C[C@@H]1Cc3ccccc3N1C2=O. The van der Waals surface area contributed by atoms with E-state index in [2.05, 4.69) is 12.6 Å². The maximum absolute atomic E-state index is 14.0. The smallest absolute Gasteiger partial charge is 0.261 e. The largest absolute Gasteiger partial charge is 0.493 e. The van der Waals surface area contributed by atoms with Crippen molar-refractivity contribution in [2.75, 3.05) is 36.0 Å². The van der Waals surface area contributed by atoms with Crippen LogP contribution in [-0.2, 0) is 30.8 Å². The number of methoxy groups -OCH3 is 2. The van der Waals surface area contributed by atoms with Gasteiger partial charge in [0.2, 0.25) is 5.91 Å². The van der Waals surface area contributed by atoms with Gasteiger partial charge in [0.15, 0.2) is 23.0 Å². The Morgan fingerprint density at radius 3 is 1.63 bits per heavy atom. The van der Waals surface area contributed by atoms with Gasteiger partial charge in [0.05, 0.1) is 48.8 Å². The number of carbonyl (C=O) groups excluding carboxylic acids is 3. The molecule has 316 valence electrons. The Labute approximate surface area is 366 Å². The predicted molar refractivity (Wildman–Crippen MR) is 245 cm³/mol. The van der Waals surface area contributed by atoms with Gasteiger partial charge in [-0.2, -0.15) is 12.6 Å². The van der Waals surface area contributed by atoms with Gasteiger partial charge >= 0.3 is 0 Å². The molecule has 0 bridgehead atoms. The summed E-state index contributed by atoms with van der Waals surface area (Å²) in [4.78, 5) is 56.2. The summed E-state index contributed by atoms with van der Waals surface area (Å²) in [6.45, 7) is 4.16. The van der Waals surface area contributed by atoms with Crippen LogP contribution in [0.15, 0.2) is 101 Å². The number of hydrogen-bond acceptors (Lipinski definition) is 10. The number of rotatable bonds is 12. The fraction of sp³-hybridized carbons (Fsp3) is 0.286. The number of carbonyl (C=O) groups is 3. The Morgan fingerprint density at radius 2 is 1.18 bits per heavy atom. The van der Waals surface area contributed by atoms with Crippen molar-refractivity contribution in [3.63, 3.8) is 0 Å². The highest BCUT2D eigenvalue weighted by atomic mass is 32.1. The highest BCUT2D eigenvalue weighted by Gasteiger charge is 2.38. The number of fused-ring (bicyclic) bond motifs is 8. The Balaban J connectivity index is 0.988. The minimum atomic E-state index is -0.310. The molecule has 0 saturated carbocycles. The molecule has 3 amide bonds. The second-order valence-corrected chi connectivity index (χ2v) is 17.8. The average Bonchev–Trinajstić information content (AvgIpc) is 3.77. The third-order valence-corrected chi connectivity index (χ3v) is 12.0. The van der Waals surface area contributed by atoms with Gasteiger partial charge in [-0.3, -0.25) is 34.2 Å². The molecular formula is C49H47N5O7S. The molecule has 0 fully saturated rings. The molecule has 4 aliphatic heterocycles. The van der Waals surface area contributed by atoms with Gasteiger partial charge < -0.3 is 23.8 Å². The van der Waals surface area contributed by atoms with Crippen molar-refractivity contribution in [1.29, 1.82) is 0 Å². The van der Waals surface area contributed by atoms with E-state index >= 15 is 0 Å². The lowest BCUT2D eigenvalue weighted by atomic mass is 10.1. The van der Waals surface area contributed by atoms with E-state index in [-0.39, 0.29) is 47.8 Å². The van der Waals surface area contributed by atoms with Crippen LogP contribution in [0.3, 0.4) is 0 Å². The van der Waals surface area contributed by atoms with Crippen molar-refractivity contribution in [1.82, 2.24) is 0 Å². The van der Waals surface area contributed by atoms with Gasteiger partial charge in [-0.25, -0.2) is 0 Å². The van der Waals surface area contributed by atoms with Gasteiger partial charge in [-0.15, -0.1) is 0 Å². The summed E-state index contributed by atoms with van der Waals surface area (Å²) < 4.78 is 24.1. The molecule has 9 rings (SSSR count). The molecule has 2 atom stereocenters. The van der Waals surface area contributed by atoms with Crippen LogP contribution in [0.5, 0.6) is 23.0 Å². The van der Waals surface area contributed by atoms with Crippen LogP contribution in [0.4, 0.5) is 28.4 Å². The average molecular weight is 850 g/mol. The zero-order chi connectivity index (χ0) is 43.3. The molecule has 0 spiro atoms. The zero-order valence-electron chi connectivity index (χ0n) is 35.3. The normalized spacial score (nSPS) is 16.9. The van der Waals surface area contributed by atoms with E-state index in [1.54, 1.807) is 46.0 Å². The fourth-order valence-electron chi connectivity index (χ4n) is 8.53. The Bertz CT molecular complexity index is 2530. The van der Waals surface area contributed by atoms with Crippen molar-refractivity contribution in [2.45, 2.75) is 69.6 Å². The second-order valence-electron chi connectivity index (χ2n) is 16.6. The summed E-state index contributed by atoms with van der Waals surface area (Å²) >= 11 is 4.63. The Morgan fingerprint density at radius 1 is 0.710 bits per heavy atom. The van der Waals surface area contributed by atoms with E-state index in [9.17, 15) is 14.4 Å². The number of thiol groups is 1. The first-order valence-corrected chi connectivity index (χ1v) is 21.1. The first-order chi connectivity index (χ1) is 29.9. The lowest BCUT2D eigenvalue weighted by Gasteiger charge is -2.23. The summed E-state index contributed by atoms with van der Waals surface area (Å²) in [5.74, 6) is 1.24. The molecule has 0 saturated heterocycles.